The van der Waals surface area contributed by atoms with Crippen LogP contribution in [-0.2, 0) is 0 Å². The van der Waals surface area contributed by atoms with Crippen LogP contribution in [0.3, 0.4) is 0 Å². The Morgan fingerprint density at radius 1 is 1.06 bits per heavy atom. The molecule has 0 bridgehead atoms. The van der Waals surface area contributed by atoms with Gasteiger partial charge in [-0.15, -0.1) is 0 Å². The maximum atomic E-state index is 10.3. The number of hydrogen-bond acceptors (Lipinski definition) is 1. The number of aliphatic hydroxyl groups is 1. The molecule has 0 radical (unpaired) electrons. The first kappa shape index (κ1) is 9.88. The van der Waals surface area contributed by atoms with Crippen LogP contribution in [0, 0.1) is 6.92 Å². The Kier molecular flexibility index (Phi) is 2.06. The highest BCUT2D eigenvalue weighted by atomic mass is 35.5. The Balaban J connectivity index is 2.37. The molecule has 0 spiro atoms. The summed E-state index contributed by atoms with van der Waals surface area (Å²) < 4.78 is 0. The van der Waals surface area contributed by atoms with Gasteiger partial charge in [0, 0.05) is 5.02 Å². The Morgan fingerprint density at radius 3 is 2.62 bits per heavy atom. The molecule has 1 aliphatic carbocycles. The lowest BCUT2D eigenvalue weighted by Gasteiger charge is -2.09. The van der Waals surface area contributed by atoms with Crippen molar-refractivity contribution in [2.24, 2.45) is 0 Å². The van der Waals surface area contributed by atoms with E-state index in [2.05, 4.69) is 0 Å². The number of fused-ring (bicyclic) bond motifs is 3. The standard InChI is InChI=1S/C14H11ClO/c1-8-12(15)7-6-10-9-4-2-3-5-11(9)14(16)13(8)10/h2-7,14,16H,1H3. The SMILES string of the molecule is Cc1c(Cl)ccc2c1C(O)c1ccccc1-2. The van der Waals surface area contributed by atoms with Crippen molar-refractivity contribution in [2.45, 2.75) is 13.0 Å². The highest BCUT2D eigenvalue weighted by molar-refractivity contribution is 6.31. The highest BCUT2D eigenvalue weighted by Crippen LogP contribution is 2.45. The van der Waals surface area contributed by atoms with Gasteiger partial charge in [0.25, 0.3) is 0 Å². The van der Waals surface area contributed by atoms with Crippen LogP contribution in [0.4, 0.5) is 0 Å². The number of benzene rings is 2. The van der Waals surface area contributed by atoms with Crippen molar-refractivity contribution in [1.82, 2.24) is 0 Å². The van der Waals surface area contributed by atoms with Gasteiger partial charge in [-0.3, -0.25) is 0 Å². The van der Waals surface area contributed by atoms with E-state index in [-0.39, 0.29) is 0 Å². The van der Waals surface area contributed by atoms with Gasteiger partial charge in [-0.2, -0.15) is 0 Å². The molecule has 0 heterocycles. The van der Waals surface area contributed by atoms with Crippen molar-refractivity contribution in [3.8, 4) is 11.1 Å². The van der Waals surface area contributed by atoms with E-state index in [9.17, 15) is 5.11 Å². The first-order chi connectivity index (χ1) is 7.70. The number of aliphatic hydroxyl groups excluding tert-OH is 1. The van der Waals surface area contributed by atoms with Crippen molar-refractivity contribution in [1.29, 1.82) is 0 Å². The van der Waals surface area contributed by atoms with E-state index in [0.29, 0.717) is 5.02 Å². The number of halogens is 1. The van der Waals surface area contributed by atoms with Crippen molar-refractivity contribution < 1.29 is 5.11 Å². The first-order valence-electron chi connectivity index (χ1n) is 5.26. The molecule has 80 valence electrons. The van der Waals surface area contributed by atoms with E-state index >= 15 is 0 Å². The zero-order chi connectivity index (χ0) is 11.3. The number of rotatable bonds is 0. The Hall–Kier alpha value is -1.31. The summed E-state index contributed by atoms with van der Waals surface area (Å²) >= 11 is 6.09. The van der Waals surface area contributed by atoms with E-state index < -0.39 is 6.10 Å². The molecule has 2 aromatic rings. The summed E-state index contributed by atoms with van der Waals surface area (Å²) in [5, 5.41) is 11.0. The lowest BCUT2D eigenvalue weighted by molar-refractivity contribution is 0.224. The second-order valence-corrected chi connectivity index (χ2v) is 4.53. The predicted molar refractivity (Wildman–Crippen MR) is 65.7 cm³/mol. The largest absolute Gasteiger partial charge is 0.384 e. The minimum absolute atomic E-state index is 0.537. The number of hydrogen-bond donors (Lipinski definition) is 1. The smallest absolute Gasteiger partial charge is 0.106 e. The normalized spacial score (nSPS) is 17.1. The maximum Gasteiger partial charge on any atom is 0.106 e. The molecule has 1 atom stereocenters. The molecule has 0 saturated carbocycles. The van der Waals surface area contributed by atoms with Crippen LogP contribution < -0.4 is 0 Å². The Morgan fingerprint density at radius 2 is 1.81 bits per heavy atom. The zero-order valence-electron chi connectivity index (χ0n) is 8.87. The summed E-state index contributed by atoms with van der Waals surface area (Å²) in [6.45, 7) is 1.95. The summed E-state index contributed by atoms with van der Waals surface area (Å²) in [4.78, 5) is 0. The van der Waals surface area contributed by atoms with Crippen LogP contribution in [0.2, 0.25) is 5.02 Å². The third-order valence-corrected chi connectivity index (χ3v) is 3.68. The molecule has 2 heteroatoms. The summed E-state index contributed by atoms with van der Waals surface area (Å²) in [5.41, 5.74) is 5.12. The van der Waals surface area contributed by atoms with E-state index in [1.165, 1.54) is 0 Å². The van der Waals surface area contributed by atoms with E-state index in [4.69, 9.17) is 11.6 Å². The van der Waals surface area contributed by atoms with Gasteiger partial charge in [0.15, 0.2) is 0 Å². The van der Waals surface area contributed by atoms with Crippen LogP contribution in [0.25, 0.3) is 11.1 Å². The molecule has 0 amide bonds. The lowest BCUT2D eigenvalue weighted by Crippen LogP contribution is -1.96. The Labute approximate surface area is 99.3 Å². The van der Waals surface area contributed by atoms with E-state index in [1.54, 1.807) is 0 Å². The second-order valence-electron chi connectivity index (χ2n) is 4.12. The van der Waals surface area contributed by atoms with Crippen molar-refractivity contribution >= 4 is 11.6 Å². The lowest BCUT2D eigenvalue weighted by atomic mass is 10.0. The summed E-state index contributed by atoms with van der Waals surface area (Å²) in [5.74, 6) is 0. The van der Waals surface area contributed by atoms with Gasteiger partial charge >= 0.3 is 0 Å². The zero-order valence-corrected chi connectivity index (χ0v) is 9.62. The van der Waals surface area contributed by atoms with Crippen LogP contribution in [0.15, 0.2) is 36.4 Å². The third kappa shape index (κ3) is 1.16. The molecule has 1 unspecified atom stereocenters. The summed E-state index contributed by atoms with van der Waals surface area (Å²) in [6.07, 6.45) is -0.537. The van der Waals surface area contributed by atoms with Crippen LogP contribution in [0.5, 0.6) is 0 Å². The van der Waals surface area contributed by atoms with Gasteiger partial charge in [-0.1, -0.05) is 41.9 Å². The minimum atomic E-state index is -0.537. The minimum Gasteiger partial charge on any atom is -0.384 e. The first-order valence-corrected chi connectivity index (χ1v) is 5.64. The fourth-order valence-electron chi connectivity index (χ4n) is 2.43. The van der Waals surface area contributed by atoms with Crippen LogP contribution in [-0.4, -0.2) is 5.11 Å². The molecular formula is C14H11ClO. The van der Waals surface area contributed by atoms with Gasteiger partial charge in [-0.25, -0.2) is 0 Å². The summed E-state index contributed by atoms with van der Waals surface area (Å²) in [6, 6.07) is 11.8. The molecule has 3 rings (SSSR count). The Bertz CT molecular complexity index is 575. The maximum absolute atomic E-state index is 10.3. The average Bonchev–Trinajstić information content (AvgIpc) is 2.59. The van der Waals surface area contributed by atoms with Gasteiger partial charge in [0.1, 0.15) is 6.10 Å². The fraction of sp³-hybridized carbons (Fsp3) is 0.143. The quantitative estimate of drug-likeness (QED) is 0.732. The molecule has 1 nitrogen and oxygen atoms in total. The molecular weight excluding hydrogens is 220 g/mol. The molecule has 0 aliphatic heterocycles. The monoisotopic (exact) mass is 230 g/mol. The topological polar surface area (TPSA) is 20.2 Å². The van der Waals surface area contributed by atoms with Gasteiger partial charge < -0.3 is 5.11 Å². The molecule has 1 aliphatic rings. The summed E-state index contributed by atoms with van der Waals surface area (Å²) in [7, 11) is 0. The second kappa shape index (κ2) is 3.34. The van der Waals surface area contributed by atoms with E-state index in [1.807, 2.05) is 43.3 Å². The van der Waals surface area contributed by atoms with Crippen molar-refractivity contribution in [3.63, 3.8) is 0 Å². The van der Waals surface area contributed by atoms with Gasteiger partial charge in [0.05, 0.1) is 0 Å². The predicted octanol–water partition coefficient (Wildman–Crippen LogP) is 3.71. The van der Waals surface area contributed by atoms with Crippen LogP contribution in [0.1, 0.15) is 22.8 Å². The molecule has 1 N–H and O–H groups in total. The molecule has 0 saturated heterocycles. The third-order valence-electron chi connectivity index (χ3n) is 3.27. The fourth-order valence-corrected chi connectivity index (χ4v) is 2.59. The molecule has 2 aromatic carbocycles. The van der Waals surface area contributed by atoms with Crippen molar-refractivity contribution in [2.75, 3.05) is 0 Å². The van der Waals surface area contributed by atoms with Crippen molar-refractivity contribution in [3.05, 3.63) is 58.1 Å². The molecule has 0 fully saturated rings. The van der Waals surface area contributed by atoms with E-state index in [0.717, 1.165) is 27.8 Å². The average molecular weight is 231 g/mol. The highest BCUT2D eigenvalue weighted by Gasteiger charge is 2.28. The molecule has 0 aromatic heterocycles. The van der Waals surface area contributed by atoms with Gasteiger partial charge in [0.2, 0.25) is 0 Å². The van der Waals surface area contributed by atoms with Gasteiger partial charge in [-0.05, 0) is 40.8 Å². The molecule has 16 heavy (non-hydrogen) atoms. The van der Waals surface area contributed by atoms with Crippen LogP contribution >= 0.6 is 11.6 Å².